The summed E-state index contributed by atoms with van der Waals surface area (Å²) < 4.78 is 5.16. The molecule has 0 radical (unpaired) electrons. The maximum Gasteiger partial charge on any atom is 0.269 e. The van der Waals surface area contributed by atoms with Gasteiger partial charge in [0.25, 0.3) is 5.69 Å². The second kappa shape index (κ2) is 9.08. The summed E-state index contributed by atoms with van der Waals surface area (Å²) in [6, 6.07) is 12.7. The number of carboxylic acid groups (broad SMARTS) is 1. The molecule has 9 heteroatoms. The van der Waals surface area contributed by atoms with Gasteiger partial charge in [0.05, 0.1) is 23.8 Å². The van der Waals surface area contributed by atoms with Crippen molar-refractivity contribution < 1.29 is 24.4 Å². The molecule has 0 fully saturated rings. The molecule has 0 aliphatic carbocycles. The van der Waals surface area contributed by atoms with E-state index in [4.69, 9.17) is 4.74 Å². The molecule has 0 saturated heterocycles. The number of nitro benzene ring substituents is 1. The van der Waals surface area contributed by atoms with E-state index in [1.165, 1.54) is 17.1 Å². The van der Waals surface area contributed by atoms with Gasteiger partial charge in [-0.3, -0.25) is 20.3 Å². The monoisotopic (exact) mass is 410 g/mol. The second-order valence-electron chi connectivity index (χ2n) is 6.71. The Kier molecular flexibility index (Phi) is 6.31. The quantitative estimate of drug-likeness (QED) is 0.521. The van der Waals surface area contributed by atoms with Gasteiger partial charge in [0, 0.05) is 24.5 Å². The number of amides is 1. The first-order valence-corrected chi connectivity index (χ1v) is 9.28. The molecule has 0 unspecified atom stereocenters. The highest BCUT2D eigenvalue weighted by molar-refractivity contribution is 5.81. The summed E-state index contributed by atoms with van der Waals surface area (Å²) in [5, 5.41) is 23.2. The van der Waals surface area contributed by atoms with Crippen LogP contribution < -0.4 is 15.3 Å². The van der Waals surface area contributed by atoms with Crippen LogP contribution in [0.15, 0.2) is 54.6 Å². The number of nitrogens with one attached hydrogen (secondary N) is 1. The number of aliphatic carboxylic acids is 1. The van der Waals surface area contributed by atoms with Crippen LogP contribution in [-0.2, 0) is 9.59 Å². The molecule has 9 nitrogen and oxygen atoms in total. The van der Waals surface area contributed by atoms with E-state index in [-0.39, 0.29) is 30.9 Å². The number of nitrogens with zero attached hydrogens (tertiary/aromatic N) is 2. The summed E-state index contributed by atoms with van der Waals surface area (Å²) in [5.41, 5.74) is 4.99. The van der Waals surface area contributed by atoms with Crippen molar-refractivity contribution in [2.24, 2.45) is 0 Å². The molecule has 1 N–H and O–H groups in total. The lowest BCUT2D eigenvalue weighted by atomic mass is 10.0. The minimum atomic E-state index is -1.22. The largest absolute Gasteiger partial charge is 0.550 e. The van der Waals surface area contributed by atoms with Crippen LogP contribution in [0.4, 0.5) is 5.69 Å². The van der Waals surface area contributed by atoms with E-state index in [0.29, 0.717) is 17.0 Å². The summed E-state index contributed by atoms with van der Waals surface area (Å²) >= 11 is 0. The molecule has 0 spiro atoms. The van der Waals surface area contributed by atoms with Crippen LogP contribution >= 0.6 is 0 Å². The van der Waals surface area contributed by atoms with Crippen molar-refractivity contribution in [1.29, 1.82) is 0 Å². The number of hydrogen-bond donors (Lipinski definition) is 1. The zero-order chi connectivity index (χ0) is 21.7. The van der Waals surface area contributed by atoms with E-state index in [0.717, 1.165) is 5.56 Å². The molecule has 1 aliphatic rings. The van der Waals surface area contributed by atoms with Crippen LogP contribution in [0.1, 0.15) is 36.4 Å². The van der Waals surface area contributed by atoms with Gasteiger partial charge in [0.15, 0.2) is 0 Å². The van der Waals surface area contributed by atoms with E-state index >= 15 is 0 Å². The smallest absolute Gasteiger partial charge is 0.269 e. The number of methoxy groups -OCH3 is 1. The molecule has 2 aromatic rings. The zero-order valence-corrected chi connectivity index (χ0v) is 16.2. The highest BCUT2D eigenvalue weighted by Gasteiger charge is 2.31. The minimum Gasteiger partial charge on any atom is -0.550 e. The van der Waals surface area contributed by atoms with Crippen molar-refractivity contribution in [2.75, 3.05) is 7.11 Å². The molecule has 0 aromatic heterocycles. The van der Waals surface area contributed by atoms with Crippen LogP contribution in [0, 0.1) is 10.1 Å². The van der Waals surface area contributed by atoms with Gasteiger partial charge in [-0.05, 0) is 54.3 Å². The van der Waals surface area contributed by atoms with Crippen LogP contribution in [0.2, 0.25) is 0 Å². The number of hydrazine groups is 1. The Morgan fingerprint density at radius 1 is 1.17 bits per heavy atom. The molecule has 1 heterocycles. The molecular formula is C21H20N3O6-. The van der Waals surface area contributed by atoms with Gasteiger partial charge in [-0.25, -0.2) is 5.01 Å². The maximum absolute atomic E-state index is 12.8. The maximum atomic E-state index is 12.8. The Morgan fingerprint density at radius 3 is 2.53 bits per heavy atom. The molecule has 2 aromatic carbocycles. The molecule has 3 rings (SSSR count). The van der Waals surface area contributed by atoms with E-state index in [2.05, 4.69) is 5.43 Å². The SMILES string of the molecule is COc1ccc(C2=C[C@@H](c3cccc([N+](=O)[O-])c3)N(C(=O)CCCC(=O)[O-])N2)cc1. The van der Waals surface area contributed by atoms with Crippen LogP contribution in [0.5, 0.6) is 5.75 Å². The van der Waals surface area contributed by atoms with E-state index in [1.54, 1.807) is 37.5 Å². The number of carboxylic acids is 1. The number of non-ortho nitro benzene ring substituents is 1. The lowest BCUT2D eigenvalue weighted by Crippen LogP contribution is -2.39. The predicted octanol–water partition coefficient (Wildman–Crippen LogP) is 1.95. The third-order valence-corrected chi connectivity index (χ3v) is 4.71. The first-order chi connectivity index (χ1) is 14.4. The standard InChI is InChI=1S/C21H21N3O6/c1-30-17-10-8-14(9-11-17)18-13-19(15-4-2-5-16(12-15)24(28)29)23(22-18)20(25)6-3-7-21(26)27/h2,4-5,8-13,19,22H,3,6-7H2,1H3,(H,26,27)/p-1/t19-/m0/s1. The van der Waals surface area contributed by atoms with Crippen molar-refractivity contribution >= 4 is 23.3 Å². The number of benzene rings is 2. The summed E-state index contributed by atoms with van der Waals surface area (Å²) in [6.07, 6.45) is 1.71. The third-order valence-electron chi connectivity index (χ3n) is 4.71. The van der Waals surface area contributed by atoms with Crippen LogP contribution in [0.25, 0.3) is 5.70 Å². The molecule has 1 aliphatic heterocycles. The second-order valence-corrected chi connectivity index (χ2v) is 6.71. The van der Waals surface area contributed by atoms with Gasteiger partial charge < -0.3 is 14.6 Å². The Bertz CT molecular complexity index is 986. The van der Waals surface area contributed by atoms with Gasteiger partial charge in [0.2, 0.25) is 5.91 Å². The van der Waals surface area contributed by atoms with E-state index < -0.39 is 16.9 Å². The fourth-order valence-corrected chi connectivity index (χ4v) is 3.19. The molecular weight excluding hydrogens is 390 g/mol. The Balaban J connectivity index is 1.90. The lowest BCUT2D eigenvalue weighted by Gasteiger charge is -2.25. The number of carbonyl (C=O) groups excluding carboxylic acids is 2. The van der Waals surface area contributed by atoms with Crippen molar-refractivity contribution in [2.45, 2.75) is 25.3 Å². The summed E-state index contributed by atoms with van der Waals surface area (Å²) in [6.45, 7) is 0. The predicted molar refractivity (Wildman–Crippen MR) is 106 cm³/mol. The average Bonchev–Trinajstić information content (AvgIpc) is 3.19. The van der Waals surface area contributed by atoms with Gasteiger partial charge >= 0.3 is 0 Å². The Labute approximate surface area is 172 Å². The minimum absolute atomic E-state index is 0.00383. The first kappa shape index (κ1) is 20.8. The summed E-state index contributed by atoms with van der Waals surface area (Å²) in [4.78, 5) is 34.1. The van der Waals surface area contributed by atoms with Crippen molar-refractivity contribution in [3.63, 3.8) is 0 Å². The summed E-state index contributed by atoms with van der Waals surface area (Å²) in [5.74, 6) is -0.861. The fourth-order valence-electron chi connectivity index (χ4n) is 3.19. The van der Waals surface area contributed by atoms with E-state index in [1.807, 2.05) is 12.1 Å². The zero-order valence-electron chi connectivity index (χ0n) is 16.2. The highest BCUT2D eigenvalue weighted by atomic mass is 16.6. The van der Waals surface area contributed by atoms with E-state index in [9.17, 15) is 24.8 Å². The highest BCUT2D eigenvalue weighted by Crippen LogP contribution is 2.33. The molecule has 156 valence electrons. The molecule has 0 bridgehead atoms. The molecule has 30 heavy (non-hydrogen) atoms. The Morgan fingerprint density at radius 2 is 1.90 bits per heavy atom. The molecule has 0 saturated carbocycles. The summed E-state index contributed by atoms with van der Waals surface area (Å²) in [7, 11) is 1.56. The van der Waals surface area contributed by atoms with Crippen LogP contribution in [0.3, 0.4) is 0 Å². The number of nitro groups is 1. The lowest BCUT2D eigenvalue weighted by molar-refractivity contribution is -0.384. The average molecular weight is 410 g/mol. The van der Waals surface area contributed by atoms with Crippen molar-refractivity contribution in [1.82, 2.24) is 10.4 Å². The van der Waals surface area contributed by atoms with Gasteiger partial charge in [-0.15, -0.1) is 0 Å². The topological polar surface area (TPSA) is 125 Å². The number of hydrogen-bond acceptors (Lipinski definition) is 7. The van der Waals surface area contributed by atoms with Crippen molar-refractivity contribution in [3.05, 3.63) is 75.8 Å². The first-order valence-electron chi connectivity index (χ1n) is 9.28. The van der Waals surface area contributed by atoms with Gasteiger partial charge in [0.1, 0.15) is 5.75 Å². The number of ether oxygens (including phenoxy) is 1. The third kappa shape index (κ3) is 4.75. The molecule has 1 atom stereocenters. The normalized spacial score (nSPS) is 15.3. The Hall–Kier alpha value is -3.88. The van der Waals surface area contributed by atoms with Crippen molar-refractivity contribution in [3.8, 4) is 5.75 Å². The van der Waals surface area contributed by atoms with Gasteiger partial charge in [-0.2, -0.15) is 0 Å². The van der Waals surface area contributed by atoms with Gasteiger partial charge in [-0.1, -0.05) is 12.1 Å². The molecule has 1 amide bonds. The fraction of sp³-hybridized carbons (Fsp3) is 0.238. The number of rotatable bonds is 8. The number of carbonyl (C=O) groups is 2. The van der Waals surface area contributed by atoms with Crippen LogP contribution in [-0.4, -0.2) is 28.9 Å².